The van der Waals surface area contributed by atoms with E-state index in [0.29, 0.717) is 18.4 Å². The molecule has 0 bridgehead atoms. The van der Waals surface area contributed by atoms with Gasteiger partial charge >= 0.3 is 5.97 Å². The summed E-state index contributed by atoms with van der Waals surface area (Å²) in [6, 6.07) is 10.6. The minimum absolute atomic E-state index is 0.0176. The van der Waals surface area contributed by atoms with Gasteiger partial charge in [-0.2, -0.15) is 0 Å². The van der Waals surface area contributed by atoms with E-state index in [1.807, 2.05) is 6.07 Å². The Kier molecular flexibility index (Phi) is 9.58. The maximum absolute atomic E-state index is 13.5. The van der Waals surface area contributed by atoms with Crippen molar-refractivity contribution in [2.24, 2.45) is 5.73 Å². The van der Waals surface area contributed by atoms with Crippen LogP contribution in [-0.2, 0) is 32.0 Å². The van der Waals surface area contributed by atoms with Gasteiger partial charge in [-0.25, -0.2) is 4.79 Å². The predicted octanol–water partition coefficient (Wildman–Crippen LogP) is -0.458. The summed E-state index contributed by atoms with van der Waals surface area (Å²) in [6.45, 7) is -0.365. The summed E-state index contributed by atoms with van der Waals surface area (Å²) in [6.07, 6.45) is 0.993. The summed E-state index contributed by atoms with van der Waals surface area (Å²) < 4.78 is 0. The first kappa shape index (κ1) is 27.6. The number of hydrogen-bond donors (Lipinski definition) is 6. The summed E-state index contributed by atoms with van der Waals surface area (Å²) >= 11 is 0. The number of hydrogen-bond acceptors (Lipinski definition) is 7. The average Bonchev–Trinajstić information content (AvgIpc) is 3.39. The molecular weight excluding hydrogens is 480 g/mol. The summed E-state index contributed by atoms with van der Waals surface area (Å²) in [5.41, 5.74) is 6.99. The maximum atomic E-state index is 13.5. The fourth-order valence-corrected chi connectivity index (χ4v) is 4.25. The Balaban J connectivity index is 1.86. The van der Waals surface area contributed by atoms with Crippen LogP contribution in [0, 0.1) is 0 Å². The summed E-state index contributed by atoms with van der Waals surface area (Å²) in [5, 5.41) is 33.6. The van der Waals surface area contributed by atoms with Gasteiger partial charge < -0.3 is 36.6 Å². The molecule has 3 rings (SSSR count). The molecule has 0 spiro atoms. The molecule has 1 heterocycles. The molecule has 11 nitrogen and oxygen atoms in total. The Morgan fingerprint density at radius 1 is 0.919 bits per heavy atom. The first-order valence-corrected chi connectivity index (χ1v) is 12.0. The number of benzene rings is 2. The van der Waals surface area contributed by atoms with Crippen LogP contribution in [-0.4, -0.2) is 81.2 Å². The molecule has 0 saturated carbocycles. The van der Waals surface area contributed by atoms with Crippen molar-refractivity contribution in [1.29, 1.82) is 0 Å². The van der Waals surface area contributed by atoms with E-state index in [2.05, 4.69) is 10.6 Å². The number of amides is 3. The largest absolute Gasteiger partial charge is 0.508 e. The van der Waals surface area contributed by atoms with Crippen molar-refractivity contribution in [1.82, 2.24) is 15.5 Å². The van der Waals surface area contributed by atoms with Crippen molar-refractivity contribution in [3.8, 4) is 5.75 Å². The molecule has 2 aromatic carbocycles. The molecule has 1 fully saturated rings. The number of aliphatic hydroxyl groups is 1. The van der Waals surface area contributed by atoms with Crippen LogP contribution in [0.3, 0.4) is 0 Å². The fourth-order valence-electron chi connectivity index (χ4n) is 4.25. The molecule has 1 aliphatic rings. The predicted molar refractivity (Wildman–Crippen MR) is 133 cm³/mol. The summed E-state index contributed by atoms with van der Waals surface area (Å²) in [7, 11) is 0. The molecule has 1 aliphatic heterocycles. The van der Waals surface area contributed by atoms with Gasteiger partial charge in [-0.15, -0.1) is 0 Å². The molecule has 11 heteroatoms. The highest BCUT2D eigenvalue weighted by atomic mass is 16.4. The number of nitrogens with one attached hydrogen (secondary N) is 2. The van der Waals surface area contributed by atoms with E-state index in [-0.39, 0.29) is 25.1 Å². The number of likely N-dealkylation sites (tertiary alicyclic amines) is 1. The van der Waals surface area contributed by atoms with Crippen LogP contribution in [0.4, 0.5) is 0 Å². The van der Waals surface area contributed by atoms with E-state index in [4.69, 9.17) is 5.73 Å². The van der Waals surface area contributed by atoms with E-state index >= 15 is 0 Å². The summed E-state index contributed by atoms with van der Waals surface area (Å²) in [5.74, 6) is -3.03. The van der Waals surface area contributed by atoms with E-state index in [9.17, 15) is 34.5 Å². The molecule has 4 unspecified atom stereocenters. The van der Waals surface area contributed by atoms with Gasteiger partial charge in [0.25, 0.3) is 0 Å². The molecule has 198 valence electrons. The fraction of sp³-hybridized carbons (Fsp3) is 0.385. The third-order valence-corrected chi connectivity index (χ3v) is 6.26. The SMILES string of the molecule is NC(CO)C(=O)NC(Cc1ccc(O)cc1)C(=O)NC(Cc1ccccc1)C(=O)N1CCCC1C(=O)O. The van der Waals surface area contributed by atoms with Crippen molar-refractivity contribution >= 4 is 23.7 Å². The number of aromatic hydroxyl groups is 1. The molecule has 7 N–H and O–H groups in total. The Bertz CT molecular complexity index is 1090. The van der Waals surface area contributed by atoms with Crippen molar-refractivity contribution in [3.63, 3.8) is 0 Å². The van der Waals surface area contributed by atoms with Gasteiger partial charge in [0.15, 0.2) is 0 Å². The number of carbonyl (C=O) groups is 4. The number of phenols is 1. The van der Waals surface area contributed by atoms with Crippen LogP contribution in [0.25, 0.3) is 0 Å². The van der Waals surface area contributed by atoms with Crippen LogP contribution in [0.1, 0.15) is 24.0 Å². The normalized spacial score (nSPS) is 17.5. The molecule has 1 saturated heterocycles. The second-order valence-corrected chi connectivity index (χ2v) is 9.00. The second-order valence-electron chi connectivity index (χ2n) is 9.00. The van der Waals surface area contributed by atoms with Gasteiger partial charge in [0.1, 0.15) is 29.9 Å². The lowest BCUT2D eigenvalue weighted by molar-refractivity contribution is -0.149. The molecule has 3 amide bonds. The highest BCUT2D eigenvalue weighted by molar-refractivity contribution is 5.94. The van der Waals surface area contributed by atoms with Gasteiger partial charge in [-0.3, -0.25) is 14.4 Å². The van der Waals surface area contributed by atoms with Crippen LogP contribution in [0.5, 0.6) is 5.75 Å². The smallest absolute Gasteiger partial charge is 0.326 e. The lowest BCUT2D eigenvalue weighted by Crippen LogP contribution is -2.58. The number of phenolic OH excluding ortho intramolecular Hbond substituents is 1. The van der Waals surface area contributed by atoms with E-state index < -0.39 is 54.5 Å². The van der Waals surface area contributed by atoms with Gasteiger partial charge in [-0.1, -0.05) is 42.5 Å². The van der Waals surface area contributed by atoms with E-state index in [1.165, 1.54) is 17.0 Å². The molecule has 4 atom stereocenters. The Labute approximate surface area is 214 Å². The van der Waals surface area contributed by atoms with Crippen molar-refractivity contribution in [3.05, 3.63) is 65.7 Å². The second kappa shape index (κ2) is 12.8. The van der Waals surface area contributed by atoms with E-state index in [1.54, 1.807) is 36.4 Å². The zero-order chi connectivity index (χ0) is 26.9. The number of aliphatic hydroxyl groups excluding tert-OH is 1. The first-order valence-electron chi connectivity index (χ1n) is 12.0. The average molecular weight is 513 g/mol. The maximum Gasteiger partial charge on any atom is 0.326 e. The standard InChI is InChI=1S/C26H32N4O7/c27-19(15-31)23(33)28-20(13-17-8-10-18(32)11-9-17)24(34)29-21(14-16-5-2-1-3-6-16)25(35)30-12-4-7-22(30)26(36)37/h1-3,5-6,8-11,19-22,31-32H,4,7,12-15,27H2,(H,28,33)(H,29,34)(H,36,37). The molecule has 0 radical (unpaired) electrons. The van der Waals surface area contributed by atoms with Gasteiger partial charge in [0, 0.05) is 19.4 Å². The van der Waals surface area contributed by atoms with Gasteiger partial charge in [0.2, 0.25) is 17.7 Å². The number of carboxylic acid groups (broad SMARTS) is 1. The third-order valence-electron chi connectivity index (χ3n) is 6.26. The van der Waals surface area contributed by atoms with Crippen molar-refractivity contribution in [2.75, 3.05) is 13.2 Å². The minimum Gasteiger partial charge on any atom is -0.508 e. The van der Waals surface area contributed by atoms with Crippen molar-refractivity contribution in [2.45, 2.75) is 49.9 Å². The first-order chi connectivity index (χ1) is 17.7. The third kappa shape index (κ3) is 7.51. The lowest BCUT2D eigenvalue weighted by Gasteiger charge is -2.29. The number of nitrogens with zero attached hydrogens (tertiary/aromatic N) is 1. The number of carboxylic acids is 1. The Morgan fingerprint density at radius 3 is 2.14 bits per heavy atom. The highest BCUT2D eigenvalue weighted by Gasteiger charge is 2.38. The zero-order valence-corrected chi connectivity index (χ0v) is 20.2. The number of nitrogens with two attached hydrogens (primary N) is 1. The molecule has 0 aliphatic carbocycles. The molecular formula is C26H32N4O7. The highest BCUT2D eigenvalue weighted by Crippen LogP contribution is 2.20. The minimum atomic E-state index is -1.25. The van der Waals surface area contributed by atoms with Crippen LogP contribution < -0.4 is 16.4 Å². The number of carbonyl (C=O) groups excluding carboxylic acids is 3. The van der Waals surface area contributed by atoms with Crippen molar-refractivity contribution < 1.29 is 34.5 Å². The Hall–Kier alpha value is -3.96. The molecule has 0 aromatic heterocycles. The van der Waals surface area contributed by atoms with Gasteiger partial charge in [0.05, 0.1) is 6.61 Å². The quantitative estimate of drug-likeness (QED) is 0.234. The number of rotatable bonds is 11. The number of aliphatic carboxylic acids is 1. The van der Waals surface area contributed by atoms with Crippen LogP contribution in [0.15, 0.2) is 54.6 Å². The van der Waals surface area contributed by atoms with E-state index in [0.717, 1.165) is 5.56 Å². The lowest BCUT2D eigenvalue weighted by atomic mass is 10.0. The van der Waals surface area contributed by atoms with Crippen LogP contribution in [0.2, 0.25) is 0 Å². The summed E-state index contributed by atoms with van der Waals surface area (Å²) in [4.78, 5) is 52.3. The monoisotopic (exact) mass is 512 g/mol. The van der Waals surface area contributed by atoms with Gasteiger partial charge in [-0.05, 0) is 36.1 Å². The topological polar surface area (TPSA) is 182 Å². The molecule has 2 aromatic rings. The Morgan fingerprint density at radius 2 is 1.51 bits per heavy atom. The zero-order valence-electron chi connectivity index (χ0n) is 20.2. The van der Waals surface area contributed by atoms with Crippen LogP contribution >= 0.6 is 0 Å². The molecule has 37 heavy (non-hydrogen) atoms.